The fourth-order valence-corrected chi connectivity index (χ4v) is 8.31. The molecule has 314 valence electrons. The van der Waals surface area contributed by atoms with Crippen LogP contribution in [0.3, 0.4) is 0 Å². The lowest BCUT2D eigenvalue weighted by molar-refractivity contribution is 0.446. The molecule has 2 heterocycles. The molecular weight excluding hydrogens is 755 g/mol. The predicted molar refractivity (Wildman–Crippen MR) is 262 cm³/mol. The Hall–Kier alpha value is -6.26. The van der Waals surface area contributed by atoms with Crippen LogP contribution in [0.5, 0.6) is 5.75 Å². The summed E-state index contributed by atoms with van der Waals surface area (Å²) < 4.78 is 44.5. The first-order valence-corrected chi connectivity index (χ1v) is 21.7. The van der Waals surface area contributed by atoms with E-state index in [-0.39, 0.29) is 51.7 Å². The maximum atomic E-state index is 12.5. The van der Waals surface area contributed by atoms with Crippen LogP contribution in [0.25, 0.3) is 72.7 Å². The molecule has 8 rings (SSSR count). The highest BCUT2D eigenvalue weighted by Gasteiger charge is 2.29. The first kappa shape index (κ1) is 36.4. The molecule has 4 nitrogen and oxygen atoms in total. The van der Waals surface area contributed by atoms with Crippen molar-refractivity contribution in [1.82, 2.24) is 14.5 Å². The smallest absolute Gasteiger partial charge is 0.149 e. The Morgan fingerprint density at radius 3 is 1.97 bits per heavy atom. The lowest BCUT2D eigenvalue weighted by atomic mass is 9.79. The molecule has 8 aromatic rings. The Labute approximate surface area is 376 Å². The van der Waals surface area contributed by atoms with Gasteiger partial charge in [0.05, 0.1) is 29.1 Å². The van der Waals surface area contributed by atoms with Crippen molar-refractivity contribution in [3.63, 3.8) is 0 Å². The van der Waals surface area contributed by atoms with Crippen LogP contribution in [0, 0.1) is 5.92 Å². The number of fused-ring (bicyclic) bond motifs is 1. The van der Waals surface area contributed by atoms with Gasteiger partial charge in [-0.2, -0.15) is 0 Å². The van der Waals surface area contributed by atoms with Crippen LogP contribution < -0.4 is 0 Å². The van der Waals surface area contributed by atoms with Gasteiger partial charge >= 0.3 is 0 Å². The quantitative estimate of drug-likeness (QED) is 0.166. The fourth-order valence-electron chi connectivity index (χ4n) is 8.31. The average Bonchev–Trinajstić information content (AvgIpc) is 3.66. The van der Waals surface area contributed by atoms with E-state index in [1.807, 2.05) is 6.07 Å². The molecule has 1 N–H and O–H groups in total. The summed E-state index contributed by atoms with van der Waals surface area (Å²) in [5, 5.41) is 12.5. The number of benzene rings is 6. The monoisotopic (exact) mass is 821 g/mol. The van der Waals surface area contributed by atoms with Crippen LogP contribution in [0.1, 0.15) is 105 Å². The van der Waals surface area contributed by atoms with Crippen molar-refractivity contribution < 1.29 is 12.0 Å². The maximum Gasteiger partial charge on any atom is 0.149 e. The van der Waals surface area contributed by atoms with Crippen molar-refractivity contribution in [1.29, 1.82) is 0 Å². The molecule has 0 aliphatic carbocycles. The van der Waals surface area contributed by atoms with E-state index < -0.39 is 6.04 Å². The number of phenolic OH excluding ortho intramolecular Hbond substituents is 1. The number of hydrogen-bond acceptors (Lipinski definition) is 3. The number of hydrogen-bond donors (Lipinski definition) is 1. The van der Waals surface area contributed by atoms with E-state index in [4.69, 9.17) is 16.8 Å². The average molecular weight is 821 g/mol. The normalized spacial score (nSPS) is 13.5. The van der Waals surface area contributed by atoms with Gasteiger partial charge in [-0.1, -0.05) is 167 Å². The van der Waals surface area contributed by atoms with Crippen LogP contribution in [-0.2, 0) is 22.7 Å². The zero-order valence-electron chi connectivity index (χ0n) is 43.0. The molecule has 62 heavy (non-hydrogen) atoms. The van der Waals surface area contributed by atoms with Gasteiger partial charge < -0.3 is 5.11 Å². The molecule has 4 heteroatoms. The number of aromatic nitrogens is 3. The zero-order valence-corrected chi connectivity index (χ0v) is 38.0. The Kier molecular flexibility index (Phi) is 9.52. The molecule has 0 aliphatic rings. The topological polar surface area (TPSA) is 50.9 Å². The van der Waals surface area contributed by atoms with Crippen molar-refractivity contribution in [3.05, 3.63) is 168 Å². The lowest BCUT2D eigenvalue weighted by Gasteiger charge is -2.27. The van der Waals surface area contributed by atoms with Gasteiger partial charge in [0.25, 0.3) is 0 Å². The number of rotatable bonds is 8. The summed E-state index contributed by atoms with van der Waals surface area (Å²) in [6.45, 7) is 24.0. The van der Waals surface area contributed by atoms with Crippen molar-refractivity contribution in [2.24, 2.45) is 5.92 Å². The summed E-state index contributed by atoms with van der Waals surface area (Å²) in [5.41, 5.74) is 12.9. The molecule has 0 unspecified atom stereocenters. The number of pyridine rings is 1. The van der Waals surface area contributed by atoms with Crippen LogP contribution in [-0.4, -0.2) is 19.6 Å². The summed E-state index contributed by atoms with van der Waals surface area (Å²) in [7, 11) is 0. The third-order valence-electron chi connectivity index (χ3n) is 11.7. The SMILES string of the molecule is [2H]c1c([2H])c([2H])c(-c2ccnc(-c3cc(-c4cccc5c4nc(-c4cc(C(C)(C)C)cc(C(C)(C)C)c4O)n5-c4ccc(-c5ccccc5)c(CC(C)C)c4)cc(C(C)(C)C)c3)c2)c([2H])c1[2H]. The highest BCUT2D eigenvalue weighted by molar-refractivity contribution is 5.97. The molecule has 2 aromatic heterocycles. The van der Waals surface area contributed by atoms with E-state index in [9.17, 15) is 5.11 Å². The van der Waals surface area contributed by atoms with Gasteiger partial charge in [0.2, 0.25) is 0 Å². The number of phenols is 1. The number of para-hydroxylation sites is 1. The molecule has 6 aromatic carbocycles. The van der Waals surface area contributed by atoms with Crippen molar-refractivity contribution in [2.45, 2.75) is 98.8 Å². The highest BCUT2D eigenvalue weighted by atomic mass is 16.3. The molecule has 0 atom stereocenters. The minimum absolute atomic E-state index is 0.131. The summed E-state index contributed by atoms with van der Waals surface area (Å²) in [6, 6.07) is 36.0. The molecule has 0 amide bonds. The minimum Gasteiger partial charge on any atom is -0.507 e. The molecule has 0 saturated carbocycles. The van der Waals surface area contributed by atoms with Crippen molar-refractivity contribution in [2.75, 3.05) is 0 Å². The molecule has 0 saturated heterocycles. The fraction of sp³-hybridized carbons (Fsp3) is 0.276. The van der Waals surface area contributed by atoms with Crippen molar-refractivity contribution in [3.8, 4) is 67.5 Å². The van der Waals surface area contributed by atoms with Gasteiger partial charge in [0.15, 0.2) is 0 Å². The Balaban J connectivity index is 1.42. The van der Waals surface area contributed by atoms with Crippen LogP contribution in [0.2, 0.25) is 0 Å². The maximum absolute atomic E-state index is 12.5. The van der Waals surface area contributed by atoms with E-state index in [1.54, 1.807) is 18.3 Å². The molecule has 0 spiro atoms. The van der Waals surface area contributed by atoms with Gasteiger partial charge in [-0.25, -0.2) is 4.98 Å². The van der Waals surface area contributed by atoms with Crippen LogP contribution in [0.15, 0.2) is 146 Å². The first-order chi connectivity index (χ1) is 31.4. The summed E-state index contributed by atoms with van der Waals surface area (Å²) in [5.74, 6) is 1.26. The van der Waals surface area contributed by atoms with Gasteiger partial charge in [-0.3, -0.25) is 9.55 Å². The standard InChI is InChI=1S/C58H61N3O/c1-37(2)29-41-33-46(25-26-47(41)39-21-16-13-17-22-39)61-52-24-18-23-48(53(52)60-55(61)49-35-45(57(6,7)8)36-50(54(49)62)58(9,10)11)42-30-43(32-44(31-42)56(3,4)5)51-34-40(27-28-59-51)38-19-14-12-15-20-38/h12-28,30-37,62H,29H2,1-11H3/i12D,14D,15D,19D,20D. The Morgan fingerprint density at radius 1 is 0.597 bits per heavy atom. The Bertz CT molecular complexity index is 3170. The highest BCUT2D eigenvalue weighted by Crippen LogP contribution is 2.45. The second-order valence-electron chi connectivity index (χ2n) is 20.1. The van der Waals surface area contributed by atoms with E-state index >= 15 is 0 Å². The molecule has 0 radical (unpaired) electrons. The van der Waals surface area contributed by atoms with Gasteiger partial charge in [0, 0.05) is 28.6 Å². The third kappa shape index (κ3) is 8.48. The second-order valence-corrected chi connectivity index (χ2v) is 20.1. The Morgan fingerprint density at radius 2 is 1.29 bits per heavy atom. The summed E-state index contributed by atoms with van der Waals surface area (Å²) >= 11 is 0. The minimum atomic E-state index is -0.428. The van der Waals surface area contributed by atoms with E-state index in [2.05, 4.69) is 172 Å². The van der Waals surface area contributed by atoms with Gasteiger partial charge in [0.1, 0.15) is 11.6 Å². The number of nitrogens with zero attached hydrogens (tertiary/aromatic N) is 3. The van der Waals surface area contributed by atoms with E-state index in [0.717, 1.165) is 62.1 Å². The summed E-state index contributed by atoms with van der Waals surface area (Å²) in [6.07, 6.45) is 2.50. The van der Waals surface area contributed by atoms with E-state index in [0.29, 0.717) is 28.6 Å². The van der Waals surface area contributed by atoms with Gasteiger partial charge in [-0.15, -0.1) is 0 Å². The van der Waals surface area contributed by atoms with E-state index in [1.165, 1.54) is 11.1 Å². The molecular formula is C58H61N3O. The molecule has 0 bridgehead atoms. The van der Waals surface area contributed by atoms with Gasteiger partial charge in [-0.05, 0) is 122 Å². The molecule has 0 fully saturated rings. The zero-order chi connectivity index (χ0) is 48.5. The van der Waals surface area contributed by atoms with Crippen molar-refractivity contribution >= 4 is 11.0 Å². The largest absolute Gasteiger partial charge is 0.507 e. The van der Waals surface area contributed by atoms with Crippen LogP contribution in [0.4, 0.5) is 0 Å². The second kappa shape index (κ2) is 16.2. The number of aromatic hydroxyl groups is 1. The number of imidazole rings is 1. The predicted octanol–water partition coefficient (Wildman–Crippen LogP) is 15.6. The summed E-state index contributed by atoms with van der Waals surface area (Å²) in [4.78, 5) is 10.4. The lowest BCUT2D eigenvalue weighted by Crippen LogP contribution is -2.17. The molecule has 0 aliphatic heterocycles. The third-order valence-corrected chi connectivity index (χ3v) is 11.7. The first-order valence-electron chi connectivity index (χ1n) is 24.2. The van der Waals surface area contributed by atoms with Crippen LogP contribution >= 0.6 is 0 Å².